The van der Waals surface area contributed by atoms with Gasteiger partial charge < -0.3 is 4.18 Å². The first-order chi connectivity index (χ1) is 9.06. The van der Waals surface area contributed by atoms with Crippen molar-refractivity contribution < 1.29 is 9.11 Å². The Kier molecular flexibility index (Phi) is 4.29. The van der Waals surface area contributed by atoms with Gasteiger partial charge in [0.1, 0.15) is 0 Å². The summed E-state index contributed by atoms with van der Waals surface area (Å²) in [4.78, 5) is 11.2. The lowest BCUT2D eigenvalue weighted by Crippen LogP contribution is -1.92. The van der Waals surface area contributed by atoms with Gasteiger partial charge in [-0.15, -0.1) is 0 Å². The zero-order chi connectivity index (χ0) is 13.8. The van der Waals surface area contributed by atoms with Crippen LogP contribution >= 0.6 is 23.6 Å². The van der Waals surface area contributed by atoms with Gasteiger partial charge in [-0.3, -0.25) is 10.1 Å². The first-order valence-corrected chi connectivity index (χ1v) is 6.53. The van der Waals surface area contributed by atoms with Gasteiger partial charge in [0.05, 0.1) is 17.0 Å². The smallest absolute Gasteiger partial charge is 0.313 e. The highest BCUT2D eigenvalue weighted by Crippen LogP contribution is 2.34. The summed E-state index contributed by atoms with van der Waals surface area (Å²) in [6.07, 6.45) is 0. The molecule has 0 spiro atoms. The molecule has 0 heterocycles. The number of benzene rings is 2. The van der Waals surface area contributed by atoms with E-state index in [1.807, 2.05) is 31.2 Å². The van der Waals surface area contributed by atoms with Crippen molar-refractivity contribution in [3.8, 4) is 5.75 Å². The zero-order valence-corrected chi connectivity index (χ0v) is 11.6. The fourth-order valence-electron chi connectivity index (χ4n) is 1.39. The van der Waals surface area contributed by atoms with Crippen molar-refractivity contribution in [2.45, 2.75) is 11.8 Å². The lowest BCUT2D eigenvalue weighted by atomic mass is 10.2. The highest BCUT2D eigenvalue weighted by molar-refractivity contribution is 7.95. The van der Waals surface area contributed by atoms with E-state index in [-0.39, 0.29) is 11.4 Å². The van der Waals surface area contributed by atoms with E-state index in [0.717, 1.165) is 22.5 Å². The van der Waals surface area contributed by atoms with Gasteiger partial charge in [-0.1, -0.05) is 29.3 Å². The molecule has 0 aliphatic heterocycles. The fraction of sp³-hybridized carbons (Fsp3) is 0.0769. The van der Waals surface area contributed by atoms with Gasteiger partial charge in [0.2, 0.25) is 5.75 Å². The summed E-state index contributed by atoms with van der Waals surface area (Å²) in [5, 5.41) is 11.2. The van der Waals surface area contributed by atoms with Crippen molar-refractivity contribution in [2.24, 2.45) is 0 Å². The lowest BCUT2D eigenvalue weighted by molar-refractivity contribution is -0.385. The monoisotopic (exact) mass is 295 g/mol. The minimum absolute atomic E-state index is 0.146. The van der Waals surface area contributed by atoms with Crippen LogP contribution in [0.2, 0.25) is 5.02 Å². The third kappa shape index (κ3) is 3.62. The normalized spacial score (nSPS) is 10.2. The molecule has 0 unspecified atom stereocenters. The number of hydrogen-bond acceptors (Lipinski definition) is 4. The van der Waals surface area contributed by atoms with Gasteiger partial charge in [0.25, 0.3) is 0 Å². The van der Waals surface area contributed by atoms with Crippen molar-refractivity contribution in [1.82, 2.24) is 0 Å². The van der Waals surface area contributed by atoms with Crippen molar-refractivity contribution in [3.05, 3.63) is 63.2 Å². The molecular weight excluding hydrogens is 286 g/mol. The number of nitrogens with zero attached hydrogens (tertiary/aromatic N) is 1. The van der Waals surface area contributed by atoms with Crippen LogP contribution in [-0.2, 0) is 0 Å². The predicted molar refractivity (Wildman–Crippen MR) is 75.8 cm³/mol. The maximum absolute atomic E-state index is 10.9. The maximum Gasteiger partial charge on any atom is 0.313 e. The summed E-state index contributed by atoms with van der Waals surface area (Å²) in [7, 11) is 0. The van der Waals surface area contributed by atoms with Crippen molar-refractivity contribution >= 4 is 29.3 Å². The molecular formula is C13H10ClNO3S. The third-order valence-electron chi connectivity index (χ3n) is 2.37. The molecule has 0 aliphatic carbocycles. The molecule has 0 amide bonds. The van der Waals surface area contributed by atoms with Crippen molar-refractivity contribution in [3.63, 3.8) is 0 Å². The van der Waals surface area contributed by atoms with E-state index in [1.165, 1.54) is 12.1 Å². The number of hydrogen-bond donors (Lipinski definition) is 0. The summed E-state index contributed by atoms with van der Waals surface area (Å²) in [5.74, 6) is 0.181. The molecule has 19 heavy (non-hydrogen) atoms. The molecule has 0 aliphatic rings. The van der Waals surface area contributed by atoms with Gasteiger partial charge in [-0.25, -0.2) is 0 Å². The van der Waals surface area contributed by atoms with Gasteiger partial charge in [0.15, 0.2) is 0 Å². The van der Waals surface area contributed by atoms with E-state index in [1.54, 1.807) is 6.07 Å². The second-order valence-corrected chi connectivity index (χ2v) is 5.09. The van der Waals surface area contributed by atoms with Crippen LogP contribution in [0.1, 0.15) is 5.56 Å². The van der Waals surface area contributed by atoms with E-state index >= 15 is 0 Å². The van der Waals surface area contributed by atoms with Crippen LogP contribution in [0.5, 0.6) is 5.75 Å². The molecule has 2 aromatic rings. The number of nitro groups is 1. The largest absolute Gasteiger partial charge is 0.413 e. The van der Waals surface area contributed by atoms with Crippen LogP contribution in [0.3, 0.4) is 0 Å². The van der Waals surface area contributed by atoms with Crippen LogP contribution in [0.15, 0.2) is 47.4 Å². The molecule has 4 nitrogen and oxygen atoms in total. The molecule has 0 fully saturated rings. The Hall–Kier alpha value is -1.72. The Balaban J connectivity index is 2.15. The Morgan fingerprint density at radius 1 is 1.21 bits per heavy atom. The summed E-state index contributed by atoms with van der Waals surface area (Å²) in [5.41, 5.74) is 0.994. The number of aryl methyl sites for hydroxylation is 1. The molecule has 0 saturated heterocycles. The minimum atomic E-state index is -0.517. The zero-order valence-electron chi connectivity index (χ0n) is 10.00. The first-order valence-electron chi connectivity index (χ1n) is 5.41. The molecule has 0 saturated carbocycles. The van der Waals surface area contributed by atoms with Crippen LogP contribution in [0.4, 0.5) is 5.69 Å². The SMILES string of the molecule is Cc1ccc(SOc2ccc(Cl)cc2[N+](=O)[O-])cc1. The van der Waals surface area contributed by atoms with E-state index in [2.05, 4.69) is 0 Å². The van der Waals surface area contributed by atoms with Gasteiger partial charge in [-0.05, 0) is 31.2 Å². The Bertz CT molecular complexity index is 601. The molecule has 2 rings (SSSR count). The Labute approximate surface area is 119 Å². The number of halogens is 1. The Morgan fingerprint density at radius 2 is 1.89 bits per heavy atom. The molecule has 0 atom stereocenters. The Morgan fingerprint density at radius 3 is 2.53 bits per heavy atom. The topological polar surface area (TPSA) is 52.4 Å². The second-order valence-electron chi connectivity index (χ2n) is 3.85. The van der Waals surface area contributed by atoms with E-state index < -0.39 is 4.92 Å². The van der Waals surface area contributed by atoms with Crippen molar-refractivity contribution in [1.29, 1.82) is 0 Å². The van der Waals surface area contributed by atoms with Crippen LogP contribution in [0, 0.1) is 17.0 Å². The van der Waals surface area contributed by atoms with Gasteiger partial charge >= 0.3 is 5.69 Å². The molecule has 0 bridgehead atoms. The molecule has 98 valence electrons. The third-order valence-corrected chi connectivity index (χ3v) is 3.33. The van der Waals surface area contributed by atoms with E-state index in [0.29, 0.717) is 5.02 Å². The summed E-state index contributed by atoms with van der Waals surface area (Å²) in [6.45, 7) is 1.99. The number of nitro benzene ring substituents is 1. The summed E-state index contributed by atoms with van der Waals surface area (Å²) in [6, 6.07) is 12.0. The molecule has 0 N–H and O–H groups in total. The van der Waals surface area contributed by atoms with Crippen LogP contribution in [-0.4, -0.2) is 4.92 Å². The predicted octanol–water partition coefficient (Wildman–Crippen LogP) is 4.64. The molecule has 0 aromatic heterocycles. The van der Waals surface area contributed by atoms with Crippen LogP contribution in [0.25, 0.3) is 0 Å². The van der Waals surface area contributed by atoms with Crippen molar-refractivity contribution in [2.75, 3.05) is 0 Å². The van der Waals surface area contributed by atoms with E-state index in [9.17, 15) is 10.1 Å². The van der Waals surface area contributed by atoms with Gasteiger partial charge in [-0.2, -0.15) is 0 Å². The fourth-order valence-corrected chi connectivity index (χ4v) is 2.13. The lowest BCUT2D eigenvalue weighted by Gasteiger charge is -2.05. The highest BCUT2D eigenvalue weighted by atomic mass is 35.5. The van der Waals surface area contributed by atoms with Crippen LogP contribution < -0.4 is 4.18 Å². The summed E-state index contributed by atoms with van der Waals surface area (Å²) < 4.78 is 5.40. The average molecular weight is 296 g/mol. The highest BCUT2D eigenvalue weighted by Gasteiger charge is 2.16. The molecule has 6 heteroatoms. The molecule has 0 radical (unpaired) electrons. The average Bonchev–Trinajstić information content (AvgIpc) is 2.39. The summed E-state index contributed by atoms with van der Waals surface area (Å²) >= 11 is 6.80. The number of rotatable bonds is 4. The quantitative estimate of drug-likeness (QED) is 0.468. The maximum atomic E-state index is 10.9. The minimum Gasteiger partial charge on any atom is -0.413 e. The second kappa shape index (κ2) is 5.95. The first kappa shape index (κ1) is 13.7. The van der Waals surface area contributed by atoms with E-state index in [4.69, 9.17) is 15.8 Å². The van der Waals surface area contributed by atoms with Gasteiger partial charge in [0, 0.05) is 16.0 Å². The molecule has 2 aromatic carbocycles. The standard InChI is InChI=1S/C13H10ClNO3S/c1-9-2-5-11(6-3-9)19-18-13-7-4-10(14)8-12(13)15(16)17/h2-8H,1H3.